The van der Waals surface area contributed by atoms with Gasteiger partial charge in [0.05, 0.1) is 0 Å². The molecule has 0 aliphatic carbocycles. The number of aliphatic hydroxyl groups is 1. The average Bonchev–Trinajstić information content (AvgIpc) is 2.92. The van der Waals surface area contributed by atoms with Crippen LogP contribution in [0, 0.1) is 12.7 Å². The monoisotopic (exact) mass is 302 g/mol. The molecule has 0 saturated carbocycles. The van der Waals surface area contributed by atoms with Gasteiger partial charge in [0.1, 0.15) is 11.9 Å². The van der Waals surface area contributed by atoms with Crippen LogP contribution in [-0.4, -0.2) is 10.9 Å². The second-order valence-corrected chi connectivity index (χ2v) is 5.96. The topological polar surface area (TPSA) is 33.4 Å². The fraction of sp³-hybridized carbons (Fsp3) is 0.176. The maximum Gasteiger partial charge on any atom is 0.170 e. The van der Waals surface area contributed by atoms with E-state index in [9.17, 15) is 9.50 Å². The fourth-order valence-corrected chi connectivity index (χ4v) is 3.15. The van der Waals surface area contributed by atoms with Crippen LogP contribution in [-0.2, 0) is 0 Å². The molecule has 1 atom stereocenters. The minimum Gasteiger partial charge on any atom is -0.455 e. The molecule has 1 unspecified atom stereocenters. The van der Waals surface area contributed by atoms with Crippen molar-refractivity contribution in [3.63, 3.8) is 0 Å². The van der Waals surface area contributed by atoms with Crippen LogP contribution in [0.15, 0.2) is 57.8 Å². The second kappa shape index (κ2) is 5.92. The first kappa shape index (κ1) is 14.2. The van der Waals surface area contributed by atoms with Gasteiger partial charge in [-0.3, -0.25) is 0 Å². The molecule has 108 valence electrons. The van der Waals surface area contributed by atoms with Crippen molar-refractivity contribution in [2.75, 3.05) is 5.75 Å². The lowest BCUT2D eigenvalue weighted by atomic mass is 10.2. The number of rotatable bonds is 4. The number of thioether (sulfide) groups is 1. The van der Waals surface area contributed by atoms with Gasteiger partial charge in [-0.1, -0.05) is 30.3 Å². The van der Waals surface area contributed by atoms with E-state index >= 15 is 0 Å². The quantitative estimate of drug-likeness (QED) is 0.709. The molecular weight excluding hydrogens is 287 g/mol. The molecule has 0 fully saturated rings. The molecule has 4 heteroatoms. The summed E-state index contributed by atoms with van der Waals surface area (Å²) in [5.41, 5.74) is 1.37. The first-order valence-corrected chi connectivity index (χ1v) is 7.68. The van der Waals surface area contributed by atoms with Crippen molar-refractivity contribution in [3.05, 3.63) is 65.7 Å². The van der Waals surface area contributed by atoms with E-state index in [1.807, 2.05) is 31.2 Å². The molecule has 0 saturated heterocycles. The number of benzene rings is 2. The third-order valence-corrected chi connectivity index (χ3v) is 4.59. The second-order valence-electron chi connectivity index (χ2n) is 4.90. The normalized spacial score (nSPS) is 12.7. The Kier molecular flexibility index (Phi) is 3.99. The molecule has 3 aromatic rings. The van der Waals surface area contributed by atoms with Crippen LogP contribution in [0.25, 0.3) is 11.0 Å². The highest BCUT2D eigenvalue weighted by Crippen LogP contribution is 2.30. The number of para-hydroxylation sites is 1. The van der Waals surface area contributed by atoms with Crippen LogP contribution in [0.4, 0.5) is 4.39 Å². The Morgan fingerprint density at radius 1 is 1.19 bits per heavy atom. The van der Waals surface area contributed by atoms with Gasteiger partial charge in [-0.2, -0.15) is 0 Å². The fourth-order valence-electron chi connectivity index (χ4n) is 2.18. The van der Waals surface area contributed by atoms with Gasteiger partial charge in [-0.05, 0) is 30.7 Å². The van der Waals surface area contributed by atoms with E-state index in [1.54, 1.807) is 30.0 Å². The maximum absolute atomic E-state index is 13.6. The highest BCUT2D eigenvalue weighted by molar-refractivity contribution is 7.99. The zero-order chi connectivity index (χ0) is 14.8. The molecule has 1 N–H and O–H groups in total. The molecular formula is C17H15FO2S. The molecule has 1 aromatic heterocycles. The van der Waals surface area contributed by atoms with Gasteiger partial charge in [0.15, 0.2) is 11.4 Å². The molecule has 0 aliphatic rings. The molecule has 0 amide bonds. The van der Waals surface area contributed by atoms with Gasteiger partial charge < -0.3 is 9.52 Å². The van der Waals surface area contributed by atoms with Crippen molar-refractivity contribution < 1.29 is 13.9 Å². The van der Waals surface area contributed by atoms with Crippen LogP contribution in [0.1, 0.15) is 17.4 Å². The van der Waals surface area contributed by atoms with Crippen LogP contribution in [0.2, 0.25) is 0 Å². The average molecular weight is 302 g/mol. The number of aryl methyl sites for hydroxylation is 1. The Labute approximate surface area is 126 Å². The van der Waals surface area contributed by atoms with Gasteiger partial charge in [-0.25, -0.2) is 4.39 Å². The summed E-state index contributed by atoms with van der Waals surface area (Å²) >= 11 is 1.56. The van der Waals surface area contributed by atoms with Gasteiger partial charge in [0.25, 0.3) is 0 Å². The van der Waals surface area contributed by atoms with Crippen LogP contribution >= 0.6 is 11.8 Å². The summed E-state index contributed by atoms with van der Waals surface area (Å²) in [7, 11) is 0. The van der Waals surface area contributed by atoms with E-state index in [2.05, 4.69) is 0 Å². The summed E-state index contributed by atoms with van der Waals surface area (Å²) in [5, 5.41) is 10.9. The van der Waals surface area contributed by atoms with Crippen molar-refractivity contribution >= 4 is 22.7 Å². The molecule has 1 heterocycles. The van der Waals surface area contributed by atoms with E-state index in [-0.39, 0.29) is 5.58 Å². The molecule has 3 rings (SSSR count). The number of halogens is 1. The molecule has 2 nitrogen and oxygen atoms in total. The van der Waals surface area contributed by atoms with Crippen molar-refractivity contribution in [3.8, 4) is 0 Å². The number of furan rings is 1. The lowest BCUT2D eigenvalue weighted by molar-refractivity contribution is 0.176. The summed E-state index contributed by atoms with van der Waals surface area (Å²) in [6, 6.07) is 14.5. The Bertz CT molecular complexity index is 766. The standard InChI is InChI=1S/C17H15FO2S/c1-11-5-2-3-8-16(11)21-10-14(19)15-9-12-6-4-7-13(18)17(12)20-15/h2-9,14,19H,10H2,1H3. The smallest absolute Gasteiger partial charge is 0.170 e. The summed E-state index contributed by atoms with van der Waals surface area (Å²) < 4.78 is 19.0. The number of hydrogen-bond acceptors (Lipinski definition) is 3. The first-order valence-electron chi connectivity index (χ1n) is 6.69. The van der Waals surface area contributed by atoms with Gasteiger partial charge in [-0.15, -0.1) is 11.8 Å². The van der Waals surface area contributed by atoms with Crippen molar-refractivity contribution in [1.82, 2.24) is 0 Å². The van der Waals surface area contributed by atoms with Crippen molar-refractivity contribution in [2.24, 2.45) is 0 Å². The van der Waals surface area contributed by atoms with Crippen LogP contribution in [0.3, 0.4) is 0 Å². The molecule has 0 spiro atoms. The van der Waals surface area contributed by atoms with Crippen LogP contribution in [0.5, 0.6) is 0 Å². The zero-order valence-electron chi connectivity index (χ0n) is 11.5. The summed E-state index contributed by atoms with van der Waals surface area (Å²) in [5.74, 6) is 0.459. The zero-order valence-corrected chi connectivity index (χ0v) is 12.4. The molecule has 0 aliphatic heterocycles. The number of aliphatic hydroxyl groups excluding tert-OH is 1. The lowest BCUT2D eigenvalue weighted by Crippen LogP contribution is -1.98. The Morgan fingerprint density at radius 2 is 2.00 bits per heavy atom. The highest BCUT2D eigenvalue weighted by atomic mass is 32.2. The first-order chi connectivity index (χ1) is 10.1. The minimum atomic E-state index is -0.763. The predicted molar refractivity (Wildman–Crippen MR) is 83.0 cm³/mol. The van der Waals surface area contributed by atoms with E-state index in [1.165, 1.54) is 11.6 Å². The number of fused-ring (bicyclic) bond motifs is 1. The van der Waals surface area contributed by atoms with Crippen molar-refractivity contribution in [1.29, 1.82) is 0 Å². The summed E-state index contributed by atoms with van der Waals surface area (Å²) in [4.78, 5) is 1.12. The largest absolute Gasteiger partial charge is 0.455 e. The van der Waals surface area contributed by atoms with E-state index in [4.69, 9.17) is 4.42 Å². The van der Waals surface area contributed by atoms with E-state index < -0.39 is 11.9 Å². The van der Waals surface area contributed by atoms with E-state index in [0.717, 1.165) is 4.90 Å². The molecule has 0 bridgehead atoms. The molecule has 2 aromatic carbocycles. The Balaban J connectivity index is 1.76. The third kappa shape index (κ3) is 2.96. The van der Waals surface area contributed by atoms with Gasteiger partial charge in [0.2, 0.25) is 0 Å². The molecule has 21 heavy (non-hydrogen) atoms. The maximum atomic E-state index is 13.6. The van der Waals surface area contributed by atoms with Crippen LogP contribution < -0.4 is 0 Å². The highest BCUT2D eigenvalue weighted by Gasteiger charge is 2.16. The SMILES string of the molecule is Cc1ccccc1SCC(O)c1cc2cccc(F)c2o1. The third-order valence-electron chi connectivity index (χ3n) is 3.33. The lowest BCUT2D eigenvalue weighted by Gasteiger charge is -2.09. The minimum absolute atomic E-state index is 0.201. The summed E-state index contributed by atoms with van der Waals surface area (Å²) in [6.45, 7) is 2.03. The molecule has 0 radical (unpaired) electrons. The number of hydrogen-bond donors (Lipinski definition) is 1. The summed E-state index contributed by atoms with van der Waals surface area (Å²) in [6.07, 6.45) is -0.763. The van der Waals surface area contributed by atoms with Crippen molar-refractivity contribution in [2.45, 2.75) is 17.9 Å². The van der Waals surface area contributed by atoms with Gasteiger partial charge in [0, 0.05) is 16.0 Å². The van der Waals surface area contributed by atoms with E-state index in [0.29, 0.717) is 16.9 Å². The Morgan fingerprint density at radius 3 is 2.76 bits per heavy atom. The van der Waals surface area contributed by atoms with Gasteiger partial charge >= 0.3 is 0 Å². The predicted octanol–water partition coefficient (Wildman–Crippen LogP) is 4.71. The Hall–Kier alpha value is -1.78.